The van der Waals surface area contributed by atoms with E-state index in [0.717, 1.165) is 34.3 Å². The summed E-state index contributed by atoms with van der Waals surface area (Å²) in [5.74, 6) is 0.820. The maximum absolute atomic E-state index is 12.1. The Hall–Kier alpha value is -1.44. The highest BCUT2D eigenvalue weighted by Gasteiger charge is 2.27. The van der Waals surface area contributed by atoms with Gasteiger partial charge in [0.1, 0.15) is 5.82 Å². The molecule has 1 saturated carbocycles. The Bertz CT molecular complexity index is 803. The first kappa shape index (κ1) is 16.4. The number of nitrogens with one attached hydrogen (secondary N) is 2. The molecule has 2 aromatic rings. The van der Waals surface area contributed by atoms with E-state index in [2.05, 4.69) is 31.0 Å². The molecule has 0 spiro atoms. The highest BCUT2D eigenvalue weighted by atomic mass is 79.9. The number of rotatable bonds is 6. The van der Waals surface area contributed by atoms with Crippen LogP contribution in [0, 0.1) is 6.92 Å². The largest absolute Gasteiger partial charge is 0.366 e. The third-order valence-electron chi connectivity index (χ3n) is 3.64. The molecule has 122 valence electrons. The van der Waals surface area contributed by atoms with Crippen molar-refractivity contribution in [1.29, 1.82) is 0 Å². The molecule has 1 aliphatic carbocycles. The van der Waals surface area contributed by atoms with Crippen LogP contribution in [0.25, 0.3) is 0 Å². The van der Waals surface area contributed by atoms with E-state index in [1.165, 1.54) is 0 Å². The van der Waals surface area contributed by atoms with Crippen LogP contribution in [-0.2, 0) is 16.6 Å². The summed E-state index contributed by atoms with van der Waals surface area (Å²) < 4.78 is 27.8. The Kier molecular flexibility index (Phi) is 4.70. The minimum atomic E-state index is -3.38. The van der Waals surface area contributed by atoms with Crippen LogP contribution in [0.4, 0.5) is 5.82 Å². The molecule has 0 radical (unpaired) electrons. The van der Waals surface area contributed by atoms with Crippen molar-refractivity contribution >= 4 is 31.8 Å². The molecule has 0 atom stereocenters. The molecule has 0 amide bonds. The van der Waals surface area contributed by atoms with Crippen LogP contribution in [-0.4, -0.2) is 19.4 Å². The van der Waals surface area contributed by atoms with E-state index in [9.17, 15) is 8.42 Å². The predicted octanol–water partition coefficient (Wildman–Crippen LogP) is 3.21. The second kappa shape index (κ2) is 6.59. The van der Waals surface area contributed by atoms with Crippen LogP contribution in [0.15, 0.2) is 45.9 Å². The molecule has 0 unspecified atom stereocenters. The van der Waals surface area contributed by atoms with Crippen molar-refractivity contribution in [2.24, 2.45) is 0 Å². The lowest BCUT2D eigenvalue weighted by atomic mass is 10.2. The number of nitrogens with zero attached hydrogens (tertiary/aromatic N) is 1. The van der Waals surface area contributed by atoms with Gasteiger partial charge in [-0.1, -0.05) is 12.1 Å². The number of pyridine rings is 1. The maximum Gasteiger partial charge on any atom is 0.240 e. The van der Waals surface area contributed by atoms with Gasteiger partial charge in [-0.05, 0) is 65.0 Å². The molecule has 1 aliphatic rings. The fourth-order valence-electron chi connectivity index (χ4n) is 2.19. The Morgan fingerprint density at radius 3 is 2.57 bits per heavy atom. The molecule has 7 heteroatoms. The zero-order valence-electron chi connectivity index (χ0n) is 12.7. The smallest absolute Gasteiger partial charge is 0.240 e. The van der Waals surface area contributed by atoms with E-state index < -0.39 is 10.0 Å². The first-order chi connectivity index (χ1) is 10.9. The SMILES string of the molecule is Cc1cc(Br)cnc1NCc1ccc(S(=O)(=O)NC2CC2)cc1. The summed E-state index contributed by atoms with van der Waals surface area (Å²) in [6, 6.07) is 9.04. The van der Waals surface area contributed by atoms with Crippen molar-refractivity contribution in [3.63, 3.8) is 0 Å². The van der Waals surface area contributed by atoms with E-state index in [4.69, 9.17) is 0 Å². The first-order valence-corrected chi connectivity index (χ1v) is 9.69. The number of benzene rings is 1. The topological polar surface area (TPSA) is 71.1 Å². The standard InChI is InChI=1S/C16H18BrN3O2S/c1-11-8-13(17)10-19-16(11)18-9-12-2-6-15(7-3-12)23(21,22)20-14-4-5-14/h2-3,6-8,10,14,20H,4-5,9H2,1H3,(H,18,19). The number of halogens is 1. The van der Waals surface area contributed by atoms with Gasteiger partial charge in [0.05, 0.1) is 4.90 Å². The summed E-state index contributed by atoms with van der Waals surface area (Å²) in [7, 11) is -3.38. The van der Waals surface area contributed by atoms with Crippen LogP contribution in [0.1, 0.15) is 24.0 Å². The fourth-order valence-corrected chi connectivity index (χ4v) is 3.94. The number of sulfonamides is 1. The van der Waals surface area contributed by atoms with Crippen molar-refractivity contribution in [3.8, 4) is 0 Å². The highest BCUT2D eigenvalue weighted by Crippen LogP contribution is 2.22. The molecule has 0 saturated heterocycles. The van der Waals surface area contributed by atoms with Gasteiger partial charge < -0.3 is 5.32 Å². The summed E-state index contributed by atoms with van der Waals surface area (Å²) >= 11 is 3.39. The van der Waals surface area contributed by atoms with Crippen molar-refractivity contribution in [3.05, 3.63) is 52.1 Å². The van der Waals surface area contributed by atoms with E-state index in [-0.39, 0.29) is 6.04 Å². The van der Waals surface area contributed by atoms with Crippen molar-refractivity contribution in [2.45, 2.75) is 37.2 Å². The summed E-state index contributed by atoms with van der Waals surface area (Å²) in [6.45, 7) is 2.57. The van der Waals surface area contributed by atoms with Gasteiger partial charge in [-0.25, -0.2) is 18.1 Å². The fraction of sp³-hybridized carbons (Fsp3) is 0.312. The quantitative estimate of drug-likeness (QED) is 0.787. The summed E-state index contributed by atoms with van der Waals surface area (Å²) in [5, 5.41) is 3.26. The molecular formula is C16H18BrN3O2S. The zero-order valence-corrected chi connectivity index (χ0v) is 15.1. The lowest BCUT2D eigenvalue weighted by Gasteiger charge is -2.10. The molecule has 5 nitrogen and oxygen atoms in total. The molecule has 1 aromatic heterocycles. The molecular weight excluding hydrogens is 378 g/mol. The molecule has 0 aliphatic heterocycles. The average molecular weight is 396 g/mol. The highest BCUT2D eigenvalue weighted by molar-refractivity contribution is 9.10. The van der Waals surface area contributed by atoms with Crippen LogP contribution >= 0.6 is 15.9 Å². The summed E-state index contributed by atoms with van der Waals surface area (Å²) in [6.07, 6.45) is 3.61. The summed E-state index contributed by atoms with van der Waals surface area (Å²) in [5.41, 5.74) is 2.05. The predicted molar refractivity (Wildman–Crippen MR) is 93.8 cm³/mol. The molecule has 1 aromatic carbocycles. The third kappa shape index (κ3) is 4.31. The van der Waals surface area contributed by atoms with Gasteiger partial charge in [0, 0.05) is 23.3 Å². The molecule has 0 bridgehead atoms. The zero-order chi connectivity index (χ0) is 16.4. The maximum atomic E-state index is 12.1. The molecule has 23 heavy (non-hydrogen) atoms. The van der Waals surface area contributed by atoms with Crippen molar-refractivity contribution in [1.82, 2.24) is 9.71 Å². The van der Waals surface area contributed by atoms with Gasteiger partial charge in [0.2, 0.25) is 10.0 Å². The van der Waals surface area contributed by atoms with E-state index in [0.29, 0.717) is 11.4 Å². The number of aryl methyl sites for hydroxylation is 1. The van der Waals surface area contributed by atoms with Gasteiger partial charge in [-0.3, -0.25) is 0 Å². The summed E-state index contributed by atoms with van der Waals surface area (Å²) in [4.78, 5) is 4.64. The number of hydrogen-bond donors (Lipinski definition) is 2. The minimum Gasteiger partial charge on any atom is -0.366 e. The lowest BCUT2D eigenvalue weighted by Crippen LogP contribution is -2.25. The first-order valence-electron chi connectivity index (χ1n) is 7.41. The van der Waals surface area contributed by atoms with Gasteiger partial charge in [-0.15, -0.1) is 0 Å². The second-order valence-electron chi connectivity index (χ2n) is 5.71. The molecule has 3 rings (SSSR count). The lowest BCUT2D eigenvalue weighted by molar-refractivity contribution is 0.581. The normalized spacial score (nSPS) is 14.7. The third-order valence-corrected chi connectivity index (χ3v) is 5.61. The van der Waals surface area contributed by atoms with E-state index >= 15 is 0 Å². The van der Waals surface area contributed by atoms with Gasteiger partial charge >= 0.3 is 0 Å². The monoisotopic (exact) mass is 395 g/mol. The Labute approximate surface area is 144 Å². The molecule has 1 heterocycles. The Balaban J connectivity index is 1.65. The number of hydrogen-bond acceptors (Lipinski definition) is 4. The van der Waals surface area contributed by atoms with Crippen LogP contribution in [0.2, 0.25) is 0 Å². The van der Waals surface area contributed by atoms with Crippen molar-refractivity contribution < 1.29 is 8.42 Å². The van der Waals surface area contributed by atoms with E-state index in [1.807, 2.05) is 25.1 Å². The second-order valence-corrected chi connectivity index (χ2v) is 8.34. The molecule has 2 N–H and O–H groups in total. The van der Waals surface area contributed by atoms with Crippen LogP contribution in [0.5, 0.6) is 0 Å². The average Bonchev–Trinajstić information content (AvgIpc) is 3.30. The molecule has 1 fully saturated rings. The minimum absolute atomic E-state index is 0.118. The van der Waals surface area contributed by atoms with Gasteiger partial charge in [0.25, 0.3) is 0 Å². The number of anilines is 1. The Morgan fingerprint density at radius 1 is 1.26 bits per heavy atom. The van der Waals surface area contributed by atoms with Crippen LogP contribution in [0.3, 0.4) is 0 Å². The van der Waals surface area contributed by atoms with Gasteiger partial charge in [-0.2, -0.15) is 0 Å². The van der Waals surface area contributed by atoms with Crippen molar-refractivity contribution in [2.75, 3.05) is 5.32 Å². The number of aromatic nitrogens is 1. The van der Waals surface area contributed by atoms with Crippen LogP contribution < -0.4 is 10.0 Å². The Morgan fingerprint density at radius 2 is 1.96 bits per heavy atom. The van der Waals surface area contributed by atoms with Gasteiger partial charge in [0.15, 0.2) is 0 Å². The van der Waals surface area contributed by atoms with E-state index in [1.54, 1.807) is 18.3 Å².